The molecule has 9 nitrogen and oxygen atoms in total. The molecule has 2 atom stereocenters. The van der Waals surface area contributed by atoms with Crippen LogP contribution in [0.5, 0.6) is 0 Å². The number of aromatic nitrogens is 3. The minimum Gasteiger partial charge on any atom is -0.355 e. The Morgan fingerprint density at radius 2 is 1.85 bits per heavy atom. The number of likely N-dealkylation sites (tertiary alicyclic amines) is 1. The van der Waals surface area contributed by atoms with Crippen molar-refractivity contribution >= 4 is 11.8 Å². The Balaban J connectivity index is 1.17. The SMILES string of the molecule is O=C(N[C@@H]1CCN(CC2CC2)C[C@H]1C(=O)NC1(c2ncccn2)CC1)c1cc(-c2cccc(C(F)(F)F)c2)on1. The zero-order chi connectivity index (χ0) is 27.9. The number of rotatable bonds is 8. The van der Waals surface area contributed by atoms with E-state index in [9.17, 15) is 22.8 Å². The molecular weight excluding hydrogens is 525 g/mol. The number of benzene rings is 1. The third-order valence-corrected chi connectivity index (χ3v) is 7.89. The van der Waals surface area contributed by atoms with E-state index < -0.39 is 35.1 Å². The molecule has 6 rings (SSSR count). The highest BCUT2D eigenvalue weighted by molar-refractivity contribution is 5.94. The van der Waals surface area contributed by atoms with Crippen LogP contribution in [0.3, 0.4) is 0 Å². The predicted molar refractivity (Wildman–Crippen MR) is 137 cm³/mol. The van der Waals surface area contributed by atoms with Gasteiger partial charge in [-0.15, -0.1) is 0 Å². The zero-order valence-electron chi connectivity index (χ0n) is 21.7. The maximum absolute atomic E-state index is 13.6. The Bertz CT molecular complexity index is 1390. The Hall–Kier alpha value is -3.80. The van der Waals surface area contributed by atoms with Crippen LogP contribution in [0, 0.1) is 11.8 Å². The van der Waals surface area contributed by atoms with Crippen molar-refractivity contribution in [1.29, 1.82) is 0 Å². The third-order valence-electron chi connectivity index (χ3n) is 7.89. The van der Waals surface area contributed by atoms with E-state index in [-0.39, 0.29) is 22.9 Å². The standard InChI is InChI=1S/C28H29F3N6O3/c29-28(30,31)19-4-1-3-18(13-19)23-14-22(36-40-23)25(39)34-21-7-12-37(15-17-5-6-17)16-20(21)24(38)35-27(8-9-27)26-32-10-2-11-33-26/h1-4,10-11,13-14,17,20-21H,5-9,12,15-16H2,(H,34,39)(H,35,38)/t20-,21-/m1/s1. The Labute approximate surface area is 228 Å². The fraction of sp³-hybridized carbons (Fsp3) is 0.464. The molecule has 0 unspecified atom stereocenters. The quantitative estimate of drug-likeness (QED) is 0.436. The second kappa shape index (κ2) is 10.3. The number of hydrogen-bond acceptors (Lipinski definition) is 7. The van der Waals surface area contributed by atoms with Gasteiger partial charge in [0.25, 0.3) is 5.91 Å². The molecule has 0 radical (unpaired) electrons. The van der Waals surface area contributed by atoms with Gasteiger partial charge in [0.15, 0.2) is 17.3 Å². The van der Waals surface area contributed by atoms with Crippen LogP contribution in [0.2, 0.25) is 0 Å². The molecule has 2 N–H and O–H groups in total. The summed E-state index contributed by atoms with van der Waals surface area (Å²) in [5.74, 6) is 0.0651. The molecule has 2 amide bonds. The van der Waals surface area contributed by atoms with Gasteiger partial charge in [-0.1, -0.05) is 17.3 Å². The summed E-state index contributed by atoms with van der Waals surface area (Å²) in [5, 5.41) is 9.90. The van der Waals surface area contributed by atoms with Crippen molar-refractivity contribution in [3.05, 3.63) is 65.9 Å². The molecule has 2 aromatic heterocycles. The van der Waals surface area contributed by atoms with E-state index in [0.29, 0.717) is 24.7 Å². The minimum atomic E-state index is -4.51. The Morgan fingerprint density at radius 1 is 1.07 bits per heavy atom. The van der Waals surface area contributed by atoms with E-state index in [2.05, 4.69) is 30.7 Å². The highest BCUT2D eigenvalue weighted by Gasteiger charge is 2.50. The van der Waals surface area contributed by atoms with Crippen molar-refractivity contribution in [3.63, 3.8) is 0 Å². The van der Waals surface area contributed by atoms with E-state index in [0.717, 1.165) is 38.1 Å². The minimum absolute atomic E-state index is 0.0448. The first-order valence-electron chi connectivity index (χ1n) is 13.5. The summed E-state index contributed by atoms with van der Waals surface area (Å²) >= 11 is 0. The first-order chi connectivity index (χ1) is 19.2. The lowest BCUT2D eigenvalue weighted by molar-refractivity contribution is -0.137. The Morgan fingerprint density at radius 3 is 2.55 bits per heavy atom. The number of carbonyl (C=O) groups excluding carboxylic acids is 2. The van der Waals surface area contributed by atoms with Crippen molar-refractivity contribution < 1.29 is 27.3 Å². The van der Waals surface area contributed by atoms with Gasteiger partial charge in [-0.3, -0.25) is 9.59 Å². The largest absolute Gasteiger partial charge is 0.416 e. The molecule has 2 saturated carbocycles. The number of carbonyl (C=O) groups is 2. The normalized spacial score (nSPS) is 22.5. The van der Waals surface area contributed by atoms with Gasteiger partial charge in [-0.2, -0.15) is 13.2 Å². The fourth-order valence-electron chi connectivity index (χ4n) is 5.30. The van der Waals surface area contributed by atoms with Gasteiger partial charge in [-0.25, -0.2) is 9.97 Å². The van der Waals surface area contributed by atoms with Crippen LogP contribution in [0.25, 0.3) is 11.3 Å². The summed E-state index contributed by atoms with van der Waals surface area (Å²) in [6.45, 7) is 2.18. The number of halogens is 3. The van der Waals surface area contributed by atoms with E-state index in [4.69, 9.17) is 4.52 Å². The number of alkyl halides is 3. The molecule has 1 saturated heterocycles. The molecule has 3 fully saturated rings. The number of hydrogen-bond donors (Lipinski definition) is 2. The molecule has 3 aromatic rings. The number of piperidine rings is 1. The Kier molecular flexibility index (Phi) is 6.81. The van der Waals surface area contributed by atoms with Crippen LogP contribution in [0.4, 0.5) is 13.2 Å². The van der Waals surface area contributed by atoms with Crippen LogP contribution in [0.15, 0.2) is 53.3 Å². The van der Waals surface area contributed by atoms with Gasteiger partial charge >= 0.3 is 6.18 Å². The molecule has 1 aromatic carbocycles. The summed E-state index contributed by atoms with van der Waals surface area (Å²) in [7, 11) is 0. The predicted octanol–water partition coefficient (Wildman–Crippen LogP) is 3.79. The van der Waals surface area contributed by atoms with Crippen molar-refractivity contribution in [2.24, 2.45) is 11.8 Å². The van der Waals surface area contributed by atoms with E-state index in [1.54, 1.807) is 18.5 Å². The second-order valence-electron chi connectivity index (χ2n) is 11.0. The smallest absolute Gasteiger partial charge is 0.355 e. The average Bonchev–Trinajstić information content (AvgIpc) is 3.87. The molecule has 40 heavy (non-hydrogen) atoms. The summed E-state index contributed by atoms with van der Waals surface area (Å²) < 4.78 is 44.6. The average molecular weight is 555 g/mol. The van der Waals surface area contributed by atoms with E-state index >= 15 is 0 Å². The molecule has 12 heteroatoms. The maximum atomic E-state index is 13.6. The fourth-order valence-corrected chi connectivity index (χ4v) is 5.30. The molecule has 2 aliphatic carbocycles. The van der Waals surface area contributed by atoms with E-state index in [1.807, 2.05) is 0 Å². The van der Waals surface area contributed by atoms with Crippen LogP contribution in [-0.4, -0.2) is 57.5 Å². The molecule has 0 bridgehead atoms. The molecular formula is C28H29F3N6O3. The van der Waals surface area contributed by atoms with Gasteiger partial charge in [0.2, 0.25) is 5.91 Å². The van der Waals surface area contributed by atoms with E-state index in [1.165, 1.54) is 31.0 Å². The number of nitrogens with one attached hydrogen (secondary N) is 2. The highest BCUT2D eigenvalue weighted by atomic mass is 19.4. The van der Waals surface area contributed by atoms with Crippen molar-refractivity contribution in [1.82, 2.24) is 30.7 Å². The summed E-state index contributed by atoms with van der Waals surface area (Å²) in [6.07, 6.45) is 3.26. The van der Waals surface area contributed by atoms with Crippen LogP contribution < -0.4 is 10.6 Å². The van der Waals surface area contributed by atoms with Crippen LogP contribution >= 0.6 is 0 Å². The van der Waals surface area contributed by atoms with Gasteiger partial charge < -0.3 is 20.1 Å². The van der Waals surface area contributed by atoms with Gasteiger partial charge in [-0.05, 0) is 56.2 Å². The molecule has 0 spiro atoms. The van der Waals surface area contributed by atoms with Crippen LogP contribution in [0.1, 0.15) is 54.0 Å². The summed E-state index contributed by atoms with van der Waals surface area (Å²) in [5.41, 5.74) is -1.32. The van der Waals surface area contributed by atoms with Crippen molar-refractivity contribution in [2.45, 2.75) is 49.9 Å². The first kappa shape index (κ1) is 26.4. The maximum Gasteiger partial charge on any atom is 0.416 e. The second-order valence-corrected chi connectivity index (χ2v) is 11.0. The lowest BCUT2D eigenvalue weighted by atomic mass is 9.90. The van der Waals surface area contributed by atoms with Crippen molar-refractivity contribution in [2.75, 3.05) is 19.6 Å². The molecule has 210 valence electrons. The lowest BCUT2D eigenvalue weighted by Crippen LogP contribution is -2.57. The molecule has 3 heterocycles. The van der Waals surface area contributed by atoms with Gasteiger partial charge in [0.1, 0.15) is 0 Å². The monoisotopic (exact) mass is 554 g/mol. The third kappa shape index (κ3) is 5.72. The molecule has 3 aliphatic rings. The van der Waals surface area contributed by atoms with Crippen LogP contribution in [-0.2, 0) is 16.5 Å². The summed E-state index contributed by atoms with van der Waals surface area (Å²) in [6, 6.07) is 7.22. The lowest BCUT2D eigenvalue weighted by Gasteiger charge is -2.38. The molecule has 1 aliphatic heterocycles. The van der Waals surface area contributed by atoms with Gasteiger partial charge in [0.05, 0.1) is 17.0 Å². The zero-order valence-corrected chi connectivity index (χ0v) is 21.7. The van der Waals surface area contributed by atoms with Crippen molar-refractivity contribution in [3.8, 4) is 11.3 Å². The number of amides is 2. The first-order valence-corrected chi connectivity index (χ1v) is 13.5. The number of nitrogens with zero attached hydrogens (tertiary/aromatic N) is 4. The summed E-state index contributed by atoms with van der Waals surface area (Å²) in [4.78, 5) is 37.8. The van der Waals surface area contributed by atoms with Gasteiger partial charge in [0, 0.05) is 49.7 Å². The highest BCUT2D eigenvalue weighted by Crippen LogP contribution is 2.44. The topological polar surface area (TPSA) is 113 Å².